The van der Waals surface area contributed by atoms with Crippen molar-refractivity contribution in [1.82, 2.24) is 20.5 Å². The first-order valence-electron chi connectivity index (χ1n) is 29.8. The highest BCUT2D eigenvalue weighted by Crippen LogP contribution is 2.59. The molecule has 0 radical (unpaired) electrons. The normalized spacial score (nSPS) is 18.9. The molecule has 8 rings (SSSR count). The van der Waals surface area contributed by atoms with E-state index >= 15 is 0 Å². The van der Waals surface area contributed by atoms with Crippen LogP contribution in [0.3, 0.4) is 0 Å². The summed E-state index contributed by atoms with van der Waals surface area (Å²) in [6.45, 7) is 11.5. The Hall–Kier alpha value is -7.13. The lowest BCUT2D eigenvalue weighted by Crippen LogP contribution is -2.54. The van der Waals surface area contributed by atoms with Crippen LogP contribution in [0.1, 0.15) is 137 Å². The predicted molar refractivity (Wildman–Crippen MR) is 330 cm³/mol. The summed E-state index contributed by atoms with van der Waals surface area (Å²) >= 11 is 1.56. The number of Topliss-reactive ketones (excluding diaryl/α,β-unsaturated/α-hetero) is 1. The van der Waals surface area contributed by atoms with Gasteiger partial charge in [-0.05, 0) is 115 Å². The van der Waals surface area contributed by atoms with Gasteiger partial charge in [0.25, 0.3) is 0 Å². The van der Waals surface area contributed by atoms with Crippen molar-refractivity contribution in [3.05, 3.63) is 147 Å². The van der Waals surface area contributed by atoms with Gasteiger partial charge in [0.05, 0.1) is 46.6 Å². The Morgan fingerprint density at radius 2 is 1.57 bits per heavy atom. The number of ether oxygens (including phenoxy) is 1. The number of nitrogens with zero attached hydrogens (tertiary/aromatic N) is 3. The second kappa shape index (κ2) is 28.6. The minimum atomic E-state index is -5.78. The zero-order chi connectivity index (χ0) is 63.8. The number of halogens is 2. The van der Waals surface area contributed by atoms with Crippen molar-refractivity contribution in [2.24, 2.45) is 23.0 Å². The van der Waals surface area contributed by atoms with Gasteiger partial charge < -0.3 is 40.9 Å². The molecule has 22 heteroatoms. The van der Waals surface area contributed by atoms with Crippen molar-refractivity contribution in [2.75, 3.05) is 11.4 Å². The Morgan fingerprint density at radius 3 is 2.22 bits per heavy atom. The Labute approximate surface area is 515 Å². The van der Waals surface area contributed by atoms with Crippen molar-refractivity contribution in [3.63, 3.8) is 0 Å². The lowest BCUT2D eigenvalue weighted by Gasteiger charge is -2.34. The van der Waals surface area contributed by atoms with Gasteiger partial charge in [-0.2, -0.15) is 8.78 Å². The number of β-amino-alcohol motifs (C(OH)–C–C–N with tert-alkyl or cyclic N) is 1. The average molecular weight is 1250 g/mol. The number of allylic oxidation sites excluding steroid dienone is 2. The highest BCUT2D eigenvalue weighted by atomic mass is 32.1. The van der Waals surface area contributed by atoms with E-state index in [9.17, 15) is 52.0 Å². The summed E-state index contributed by atoms with van der Waals surface area (Å²) in [4.78, 5) is 123. The zero-order valence-electron chi connectivity index (χ0n) is 50.5. The van der Waals surface area contributed by atoms with Crippen LogP contribution in [0.5, 0.6) is 0 Å². The van der Waals surface area contributed by atoms with Crippen LogP contribution >= 0.6 is 18.9 Å². The molecule has 0 unspecified atom stereocenters. The van der Waals surface area contributed by atoms with E-state index < -0.39 is 89.9 Å². The van der Waals surface area contributed by atoms with E-state index in [1.54, 1.807) is 30.7 Å². The fraction of sp³-hybridized carbons (Fsp3) is 0.455. The maximum atomic E-state index is 14.5. The van der Waals surface area contributed by atoms with Gasteiger partial charge in [0.1, 0.15) is 17.9 Å². The average Bonchev–Trinajstić information content (AvgIpc) is 2.16. The standard InChI is InChI=1S/C66H79F2N6O12PS/c1-39(45-24-26-50(27-25-45)66(67,68)87(83,84)85)30-52(76)31-49-23-22-46-11-9-12-48-32-57(74(59(46)48)63(49)81)62(80)72-55(28-29-58(69)78)41(3)86-37-44-16-14-42(15-17-44)10-7-8-13-51(75)33-54(65(4,5)6)64(82)73-36-53(77)34-56(73)61(79)70-35-43-18-20-47(21-19-43)60-40(2)71-38-88-60/h9,11-12,14-21,24-27,30,38,41,49,53-57,77H,7-8,10,13,22-23,28-29,31-37H2,1-6H3,(H2,69,78)(H,70,79)(H,72,80)(H2,83,84,85)/b39-30+/t41-,49-,53-,54-,55+,56+,57+/m1/s1. The van der Waals surface area contributed by atoms with Gasteiger partial charge in [0, 0.05) is 69.0 Å². The van der Waals surface area contributed by atoms with Gasteiger partial charge >= 0.3 is 13.3 Å². The van der Waals surface area contributed by atoms with E-state index in [0.717, 1.165) is 56.1 Å². The number of amides is 5. The number of aromatic nitrogens is 1. The van der Waals surface area contributed by atoms with Crippen molar-refractivity contribution in [2.45, 2.75) is 168 Å². The van der Waals surface area contributed by atoms with E-state index in [-0.39, 0.29) is 82.2 Å². The van der Waals surface area contributed by atoms with Crippen LogP contribution < -0.4 is 21.3 Å². The second-order valence-corrected chi connectivity index (χ2v) is 27.2. The van der Waals surface area contributed by atoms with Gasteiger partial charge in [-0.1, -0.05) is 112 Å². The number of anilines is 1. The monoisotopic (exact) mass is 1250 g/mol. The molecule has 4 heterocycles. The summed E-state index contributed by atoms with van der Waals surface area (Å²) in [6.07, 6.45) is 3.09. The molecular weight excluding hydrogens is 1170 g/mol. The summed E-state index contributed by atoms with van der Waals surface area (Å²) in [5, 5.41) is 16.7. The molecule has 5 amide bonds. The number of nitrogens with two attached hydrogens (primary N) is 1. The van der Waals surface area contributed by atoms with Crippen LogP contribution in [0.15, 0.2) is 103 Å². The lowest BCUT2D eigenvalue weighted by atomic mass is 9.76. The Balaban J connectivity index is 0.810. The Morgan fingerprint density at radius 1 is 0.898 bits per heavy atom. The van der Waals surface area contributed by atoms with E-state index in [2.05, 4.69) is 15.6 Å². The fourth-order valence-corrected chi connectivity index (χ4v) is 13.2. The molecule has 3 aliphatic rings. The summed E-state index contributed by atoms with van der Waals surface area (Å²) in [5.41, 5.74) is 9.30. The molecule has 0 spiro atoms. The first kappa shape index (κ1) is 66.8. The molecule has 0 bridgehead atoms. The van der Waals surface area contributed by atoms with E-state index in [0.29, 0.717) is 48.9 Å². The molecule has 88 heavy (non-hydrogen) atoms. The lowest BCUT2D eigenvalue weighted by molar-refractivity contribution is -0.146. The van der Waals surface area contributed by atoms with Crippen molar-refractivity contribution >= 4 is 71.3 Å². The first-order chi connectivity index (χ1) is 41.6. The quantitative estimate of drug-likeness (QED) is 0.0163. The van der Waals surface area contributed by atoms with Gasteiger partial charge in [0.15, 0.2) is 5.78 Å². The number of para-hydroxylation sites is 1. The molecular formula is C66H79F2N6O12PS. The van der Waals surface area contributed by atoms with Gasteiger partial charge in [-0.15, -0.1) is 11.3 Å². The molecule has 7 atom stereocenters. The van der Waals surface area contributed by atoms with Crippen LogP contribution in [0, 0.1) is 24.2 Å². The highest BCUT2D eigenvalue weighted by molar-refractivity contribution is 7.52. The number of thiazole rings is 1. The molecule has 1 fully saturated rings. The van der Waals surface area contributed by atoms with Crippen molar-refractivity contribution in [3.8, 4) is 10.4 Å². The number of nitrogens with one attached hydrogen (secondary N) is 2. The van der Waals surface area contributed by atoms with Gasteiger partial charge in [-0.25, -0.2) is 4.98 Å². The second-order valence-electron chi connectivity index (χ2n) is 24.6. The smallest absolute Gasteiger partial charge is 0.391 e. The summed E-state index contributed by atoms with van der Waals surface area (Å²) in [7, 11) is -5.78. The summed E-state index contributed by atoms with van der Waals surface area (Å²) in [5.74, 6) is -4.11. The maximum absolute atomic E-state index is 14.5. The third-order valence-electron chi connectivity index (χ3n) is 17.1. The number of hydrogen-bond acceptors (Lipinski definition) is 12. The number of unbranched alkanes of at least 4 members (excludes halogenated alkanes) is 1. The summed E-state index contributed by atoms with van der Waals surface area (Å²) < 4.78 is 46.3. The third kappa shape index (κ3) is 16.4. The number of alkyl halides is 2. The number of hydrogen-bond donors (Lipinski definition) is 6. The number of aliphatic hydroxyl groups excluding tert-OH is 1. The Bertz CT molecular complexity index is 3450. The third-order valence-corrected chi connectivity index (χ3v) is 19.0. The molecule has 18 nitrogen and oxygen atoms in total. The van der Waals surface area contributed by atoms with Crippen molar-refractivity contribution < 1.29 is 66.5 Å². The minimum Gasteiger partial charge on any atom is -0.391 e. The number of rotatable bonds is 27. The molecule has 0 saturated carbocycles. The SMILES string of the molecule is C/C(=C\C(=O)C[C@H]1CCc2cccc3c2N(C1=O)[C@H](C(=O)N[C@@H](CCC(N)=O)[C@@H](C)OCc1ccc(CCCCC(=O)C[C@H](C(=O)N2C[C@H](O)C[C@H]2C(=O)NCc2ccc(-c4scnc4C)cc2)C(C)(C)C)cc1)C3)c1ccc(C(F)(F)P(=O)(O)O)cc1. The molecule has 7 N–H and O–H groups in total. The number of ketones is 2. The first-order valence-corrected chi connectivity index (χ1v) is 32.3. The number of aliphatic hydroxyl groups is 1. The summed E-state index contributed by atoms with van der Waals surface area (Å²) in [6, 6.07) is 23.0. The van der Waals surface area contributed by atoms with Gasteiger partial charge in [-0.3, -0.25) is 43.0 Å². The molecule has 5 aromatic rings. The molecule has 1 saturated heterocycles. The highest BCUT2D eigenvalue weighted by Gasteiger charge is 2.51. The van der Waals surface area contributed by atoms with Crippen molar-refractivity contribution in [1.29, 1.82) is 0 Å². The topological polar surface area (TPSA) is 276 Å². The van der Waals surface area contributed by atoms with Crippen LogP contribution in [0.25, 0.3) is 16.0 Å². The minimum absolute atomic E-state index is 0.00811. The maximum Gasteiger partial charge on any atom is 0.399 e. The van der Waals surface area contributed by atoms with Crippen LogP contribution in [0.2, 0.25) is 0 Å². The van der Waals surface area contributed by atoms with E-state index in [1.165, 1.54) is 28.0 Å². The van der Waals surface area contributed by atoms with Crippen LogP contribution in [-0.4, -0.2) is 103 Å². The molecule has 1 aromatic heterocycles. The number of carbonyl (C=O) groups is 7. The molecule has 470 valence electrons. The number of aryl methyl sites for hydroxylation is 3. The molecule has 4 aromatic carbocycles. The van der Waals surface area contributed by atoms with Gasteiger partial charge in [0.2, 0.25) is 29.5 Å². The fourth-order valence-electron chi connectivity index (χ4n) is 11.9. The number of benzene rings is 4. The predicted octanol–water partition coefficient (Wildman–Crippen LogP) is 9.20. The number of likely N-dealkylation sites (tertiary alicyclic amines) is 1. The number of carbonyl (C=O) groups excluding carboxylic acids is 7. The molecule has 3 aliphatic heterocycles. The number of primary amides is 1. The zero-order valence-corrected chi connectivity index (χ0v) is 52.2. The van der Waals surface area contributed by atoms with E-state index in [4.69, 9.17) is 20.3 Å². The largest absolute Gasteiger partial charge is 0.399 e. The van der Waals surface area contributed by atoms with Crippen LogP contribution in [0.4, 0.5) is 14.5 Å². The molecule has 0 aliphatic carbocycles. The Kier molecular flexibility index (Phi) is 21.7. The van der Waals surface area contributed by atoms with Crippen LogP contribution in [-0.2, 0) is 80.9 Å². The van der Waals surface area contributed by atoms with E-state index in [1.807, 2.05) is 94.4 Å².